The Kier molecular flexibility index (Phi) is 8.80. The van der Waals surface area contributed by atoms with E-state index in [9.17, 15) is 25.3 Å². The van der Waals surface area contributed by atoms with E-state index in [1.165, 1.54) is 0 Å². The Morgan fingerprint density at radius 3 is 1.24 bits per heavy atom. The second kappa shape index (κ2) is 9.46. The van der Waals surface area contributed by atoms with Gasteiger partial charge in [0.05, 0.1) is 0 Å². The van der Waals surface area contributed by atoms with Crippen LogP contribution in [-0.2, 0) is 32.1 Å². The Morgan fingerprint density at radius 2 is 1.05 bits per heavy atom. The van der Waals surface area contributed by atoms with E-state index in [1.54, 1.807) is 0 Å². The van der Waals surface area contributed by atoms with E-state index < -0.39 is 53.8 Å². The minimum absolute atomic E-state index is 0.269. The molecule has 0 aliphatic heterocycles. The van der Waals surface area contributed by atoms with Gasteiger partial charge in [0.1, 0.15) is 15.7 Å². The summed E-state index contributed by atoms with van der Waals surface area (Å²) in [7, 11) is -9.07. The third-order valence-electron chi connectivity index (χ3n) is 2.79. The molecule has 0 aromatic carbocycles. The van der Waals surface area contributed by atoms with Crippen molar-refractivity contribution in [2.24, 2.45) is 5.92 Å². The van der Waals surface area contributed by atoms with Gasteiger partial charge in [-0.1, -0.05) is 17.8 Å². The smallest absolute Gasteiger partial charge is 0.154 e. The molecule has 0 aromatic rings. The van der Waals surface area contributed by atoms with Crippen molar-refractivity contribution in [1.82, 2.24) is 0 Å². The molecule has 0 saturated carbocycles. The molecule has 0 aromatic heterocycles. The Hall–Kier alpha value is -1.47. The van der Waals surface area contributed by atoms with Crippen LogP contribution in [0.25, 0.3) is 0 Å². The molecule has 6 nitrogen and oxygen atoms in total. The van der Waals surface area contributed by atoms with Crippen LogP contribution in [0.4, 0.5) is 0 Å². The topological polar surface area (TPSA) is 102 Å². The van der Waals surface area contributed by atoms with Crippen LogP contribution in [0.1, 0.15) is 12.8 Å². The summed E-state index contributed by atoms with van der Waals surface area (Å²) in [6, 6.07) is 0. The van der Waals surface area contributed by atoms with Gasteiger partial charge in [0.2, 0.25) is 0 Å². The summed E-state index contributed by atoms with van der Waals surface area (Å²) < 4.78 is 66.2. The molecule has 9 heteroatoms. The second-order valence-corrected chi connectivity index (χ2v) is 7.58. The molecule has 21 heavy (non-hydrogen) atoms. The zero-order valence-corrected chi connectivity index (χ0v) is 13.4. The lowest BCUT2D eigenvalue weighted by atomic mass is 9.94. The Balaban J connectivity index is 5.54. The fraction of sp³-hybridized carbons (Fsp3) is 0.500. The molecule has 0 radical (unpaired) electrons. The third kappa shape index (κ3) is 6.22. The van der Waals surface area contributed by atoms with Crippen LogP contribution in [-0.4, -0.2) is 41.0 Å². The number of hydrogen-bond donors (Lipinski definition) is 3. The van der Waals surface area contributed by atoms with Gasteiger partial charge in [-0.25, -0.2) is 25.3 Å². The average Bonchev–Trinajstić information content (AvgIpc) is 2.40. The summed E-state index contributed by atoms with van der Waals surface area (Å²) >= 11 is 0. The molecule has 0 heterocycles. The van der Waals surface area contributed by atoms with Crippen molar-refractivity contribution in [1.29, 1.82) is 0 Å². The summed E-state index contributed by atoms with van der Waals surface area (Å²) in [5, 5.41) is -3.81. The highest BCUT2D eigenvalue weighted by Gasteiger charge is 2.29. The first-order valence-corrected chi connectivity index (χ1v) is 9.31. The quantitative estimate of drug-likeness (QED) is 0.353. The van der Waals surface area contributed by atoms with Gasteiger partial charge < -0.3 is 0 Å². The second-order valence-electron chi connectivity index (χ2n) is 4.06. The van der Waals surface area contributed by atoms with Crippen LogP contribution in [0, 0.1) is 42.9 Å². The van der Waals surface area contributed by atoms with Crippen molar-refractivity contribution in [2.75, 3.05) is 0 Å². The minimum atomic E-state index is -3.08. The molecule has 116 valence electrons. The van der Waals surface area contributed by atoms with Gasteiger partial charge in [-0.05, 0) is 18.8 Å². The van der Waals surface area contributed by atoms with Gasteiger partial charge in [-0.3, -0.25) is 0 Å². The molecule has 0 amide bonds. The van der Waals surface area contributed by atoms with Crippen LogP contribution in [0.3, 0.4) is 0 Å². The highest BCUT2D eigenvalue weighted by atomic mass is 32.2. The highest BCUT2D eigenvalue weighted by molar-refractivity contribution is 7.74. The number of rotatable bonds is 8. The van der Waals surface area contributed by atoms with Gasteiger partial charge in [0.15, 0.2) is 32.1 Å². The van der Waals surface area contributed by atoms with Crippen molar-refractivity contribution < 1.29 is 25.3 Å². The lowest BCUT2D eigenvalue weighted by Crippen LogP contribution is -2.29. The monoisotopic (exact) mass is 350 g/mol. The molecule has 0 spiro atoms. The molecule has 0 saturated heterocycles. The molecule has 3 atom stereocenters. The molecule has 0 N–H and O–H groups in total. The lowest BCUT2D eigenvalue weighted by Gasteiger charge is -2.21. The number of thiol groups is 3. The van der Waals surface area contributed by atoms with Crippen molar-refractivity contribution >= 4 is 32.1 Å². The first-order chi connectivity index (χ1) is 9.78. The molecule has 0 bridgehead atoms. The van der Waals surface area contributed by atoms with E-state index in [1.807, 2.05) is 17.8 Å². The molecule has 0 rings (SSSR count). The fourth-order valence-electron chi connectivity index (χ4n) is 1.73. The van der Waals surface area contributed by atoms with Gasteiger partial charge in [0.25, 0.3) is 0 Å². The highest BCUT2D eigenvalue weighted by Crippen LogP contribution is 2.22. The maximum absolute atomic E-state index is 11.1. The first kappa shape index (κ1) is 19.5. The van der Waals surface area contributed by atoms with E-state index in [0.29, 0.717) is 0 Å². The van der Waals surface area contributed by atoms with E-state index in [0.717, 1.165) is 0 Å². The molecule has 3 unspecified atom stereocenters. The predicted molar refractivity (Wildman–Crippen MR) is 81.5 cm³/mol. The fourth-order valence-corrected chi connectivity index (χ4v) is 3.57. The Morgan fingerprint density at radius 1 is 0.667 bits per heavy atom. The number of hydrogen-bond acceptors (Lipinski definition) is 6. The van der Waals surface area contributed by atoms with Gasteiger partial charge in [0, 0.05) is 0 Å². The zero-order valence-electron chi connectivity index (χ0n) is 10.7. The standard InChI is InChI=1S/C12H14O6S3/c1-4-10(19(13)14)7-9(12(6-3)21(17)18)8-11(5-2)20(15)16/h1-3,9-12,19-21H,7-8H2. The van der Waals surface area contributed by atoms with Crippen LogP contribution in [0.15, 0.2) is 0 Å². The van der Waals surface area contributed by atoms with Crippen LogP contribution < -0.4 is 0 Å². The summed E-state index contributed by atoms with van der Waals surface area (Å²) in [5.41, 5.74) is 0. The van der Waals surface area contributed by atoms with E-state index in [-0.39, 0.29) is 12.8 Å². The molecule has 0 aliphatic rings. The maximum Gasteiger partial charge on any atom is 0.154 e. The average molecular weight is 350 g/mol. The molecule has 0 aliphatic carbocycles. The van der Waals surface area contributed by atoms with Crippen molar-refractivity contribution in [2.45, 2.75) is 28.6 Å². The van der Waals surface area contributed by atoms with E-state index >= 15 is 0 Å². The summed E-state index contributed by atoms with van der Waals surface area (Å²) in [6.07, 6.45) is 14.7. The molecule has 0 fully saturated rings. The van der Waals surface area contributed by atoms with Gasteiger partial charge in [-0.15, -0.1) is 19.3 Å². The minimum Gasteiger partial charge on any atom is -0.231 e. The first-order valence-electron chi connectivity index (χ1n) is 5.57. The van der Waals surface area contributed by atoms with Crippen molar-refractivity contribution in [3.05, 3.63) is 0 Å². The zero-order chi connectivity index (χ0) is 16.6. The largest absolute Gasteiger partial charge is 0.231 e. The summed E-state index contributed by atoms with van der Waals surface area (Å²) in [5.74, 6) is 5.06. The third-order valence-corrected chi connectivity index (χ3v) is 5.55. The summed E-state index contributed by atoms with van der Waals surface area (Å²) in [6.45, 7) is 0. The van der Waals surface area contributed by atoms with Crippen molar-refractivity contribution in [3.8, 4) is 37.0 Å². The maximum atomic E-state index is 11.1. The molecular weight excluding hydrogens is 336 g/mol. The SMILES string of the molecule is C#CC(CC(CC(C#C)[SH](=O)=O)C(C#C)[SH](=O)=O)[SH](=O)=O. The number of terminal acetylenes is 3. The van der Waals surface area contributed by atoms with Crippen LogP contribution in [0.5, 0.6) is 0 Å². The predicted octanol–water partition coefficient (Wildman–Crippen LogP) is -1.78. The van der Waals surface area contributed by atoms with Crippen LogP contribution in [0.2, 0.25) is 0 Å². The molecular formula is C12H14O6S3. The van der Waals surface area contributed by atoms with Gasteiger partial charge in [-0.2, -0.15) is 0 Å². The van der Waals surface area contributed by atoms with Gasteiger partial charge >= 0.3 is 0 Å². The lowest BCUT2D eigenvalue weighted by molar-refractivity contribution is 0.465. The summed E-state index contributed by atoms with van der Waals surface area (Å²) in [4.78, 5) is 0. The van der Waals surface area contributed by atoms with Crippen molar-refractivity contribution in [3.63, 3.8) is 0 Å². The van der Waals surface area contributed by atoms with E-state index in [2.05, 4.69) is 0 Å². The Bertz CT molecular complexity index is 643. The Labute approximate surface area is 129 Å². The normalized spacial score (nSPS) is 16.6. The van der Waals surface area contributed by atoms with E-state index in [4.69, 9.17) is 19.3 Å². The van der Waals surface area contributed by atoms with Crippen LogP contribution >= 0.6 is 0 Å².